The third-order valence-corrected chi connectivity index (χ3v) is 4.03. The number of aliphatic carboxylic acids is 2. The van der Waals surface area contributed by atoms with E-state index in [-0.39, 0.29) is 18.6 Å². The zero-order chi connectivity index (χ0) is 22.8. The van der Waals surface area contributed by atoms with E-state index in [1.807, 2.05) is 0 Å². The molecule has 0 heterocycles. The zero-order valence-corrected chi connectivity index (χ0v) is 15.9. The molecule has 3 atom stereocenters. The summed E-state index contributed by atoms with van der Waals surface area (Å²) in [6, 6.07) is 1.53. The molecule has 0 aliphatic rings. The van der Waals surface area contributed by atoms with Crippen LogP contribution < -0.4 is 22.1 Å². The number of benzene rings is 1. The van der Waals surface area contributed by atoms with E-state index in [0.717, 1.165) is 0 Å². The molecule has 1 aromatic rings. The number of carbonyl (C=O) groups excluding carboxylic acids is 3. The average Bonchev–Trinajstić information content (AvgIpc) is 2.65. The first kappa shape index (κ1) is 24.4. The van der Waals surface area contributed by atoms with Crippen molar-refractivity contribution in [1.29, 1.82) is 0 Å². The van der Waals surface area contributed by atoms with Gasteiger partial charge in [-0.3, -0.25) is 19.2 Å². The second kappa shape index (κ2) is 11.4. The number of nitrogens with two attached hydrogens (primary N) is 2. The van der Waals surface area contributed by atoms with E-state index in [0.29, 0.717) is 5.56 Å². The minimum absolute atomic E-state index is 0.0154. The maximum Gasteiger partial charge on any atom is 0.326 e. The van der Waals surface area contributed by atoms with Crippen LogP contribution in [0.25, 0.3) is 0 Å². The Morgan fingerprint density at radius 1 is 0.933 bits per heavy atom. The first-order chi connectivity index (χ1) is 14.0. The van der Waals surface area contributed by atoms with E-state index < -0.39 is 60.6 Å². The molecule has 0 aromatic heterocycles. The minimum atomic E-state index is -1.39. The summed E-state index contributed by atoms with van der Waals surface area (Å²) >= 11 is 0. The van der Waals surface area contributed by atoms with Gasteiger partial charge in [-0.15, -0.1) is 0 Å². The van der Waals surface area contributed by atoms with E-state index in [4.69, 9.17) is 16.6 Å². The van der Waals surface area contributed by atoms with Crippen LogP contribution in [0.2, 0.25) is 0 Å². The lowest BCUT2D eigenvalue weighted by atomic mass is 10.0. The molecule has 3 amide bonds. The number of phenolic OH excluding ortho intramolecular Hbond substituents is 1. The molecule has 0 saturated carbocycles. The van der Waals surface area contributed by atoms with Crippen molar-refractivity contribution >= 4 is 29.7 Å². The van der Waals surface area contributed by atoms with Gasteiger partial charge in [-0.05, 0) is 24.1 Å². The highest BCUT2D eigenvalue weighted by Crippen LogP contribution is 2.12. The summed E-state index contributed by atoms with van der Waals surface area (Å²) in [6.45, 7) is 0. The maximum atomic E-state index is 12.5. The third kappa shape index (κ3) is 8.56. The Morgan fingerprint density at radius 2 is 1.50 bits per heavy atom. The van der Waals surface area contributed by atoms with Gasteiger partial charge in [-0.25, -0.2) is 4.79 Å². The van der Waals surface area contributed by atoms with Gasteiger partial charge in [0.25, 0.3) is 0 Å². The summed E-state index contributed by atoms with van der Waals surface area (Å²) in [7, 11) is 0. The Balaban J connectivity index is 2.89. The molecule has 30 heavy (non-hydrogen) atoms. The van der Waals surface area contributed by atoms with Crippen molar-refractivity contribution in [2.24, 2.45) is 11.5 Å². The van der Waals surface area contributed by atoms with Gasteiger partial charge in [-0.2, -0.15) is 0 Å². The fraction of sp³-hybridized carbons (Fsp3) is 0.389. The highest BCUT2D eigenvalue weighted by molar-refractivity contribution is 5.93. The molecular weight excluding hydrogens is 400 g/mol. The molecule has 164 valence electrons. The Kier molecular flexibility index (Phi) is 9.23. The third-order valence-electron chi connectivity index (χ3n) is 4.03. The highest BCUT2D eigenvalue weighted by atomic mass is 16.4. The molecule has 0 aliphatic carbocycles. The van der Waals surface area contributed by atoms with Gasteiger partial charge in [0.15, 0.2) is 0 Å². The van der Waals surface area contributed by atoms with Gasteiger partial charge in [0.05, 0.1) is 12.5 Å². The maximum absolute atomic E-state index is 12.5. The van der Waals surface area contributed by atoms with Crippen molar-refractivity contribution in [2.75, 3.05) is 0 Å². The summed E-state index contributed by atoms with van der Waals surface area (Å²) < 4.78 is 0. The zero-order valence-electron chi connectivity index (χ0n) is 15.9. The number of rotatable bonds is 12. The van der Waals surface area contributed by atoms with Crippen LogP contribution in [0, 0.1) is 0 Å². The van der Waals surface area contributed by atoms with Crippen LogP contribution in [-0.2, 0) is 30.4 Å². The van der Waals surface area contributed by atoms with Crippen LogP contribution in [-0.4, -0.2) is 63.1 Å². The Hall–Kier alpha value is -3.67. The van der Waals surface area contributed by atoms with Crippen LogP contribution in [0.1, 0.15) is 24.8 Å². The number of phenols is 1. The van der Waals surface area contributed by atoms with Crippen LogP contribution in [0.15, 0.2) is 24.3 Å². The van der Waals surface area contributed by atoms with Crippen molar-refractivity contribution in [1.82, 2.24) is 10.6 Å². The minimum Gasteiger partial charge on any atom is -0.508 e. The number of aromatic hydroxyl groups is 1. The second-order valence-corrected chi connectivity index (χ2v) is 6.54. The molecule has 0 fully saturated rings. The van der Waals surface area contributed by atoms with Crippen LogP contribution in [0.5, 0.6) is 5.75 Å². The van der Waals surface area contributed by atoms with Crippen molar-refractivity contribution in [2.45, 2.75) is 43.8 Å². The Bertz CT molecular complexity index is 796. The second-order valence-electron chi connectivity index (χ2n) is 6.54. The Morgan fingerprint density at radius 3 is 2.00 bits per heavy atom. The molecule has 0 bridgehead atoms. The van der Waals surface area contributed by atoms with E-state index in [1.54, 1.807) is 0 Å². The molecule has 3 unspecified atom stereocenters. The van der Waals surface area contributed by atoms with Crippen LogP contribution in [0.4, 0.5) is 0 Å². The first-order valence-corrected chi connectivity index (χ1v) is 8.86. The summed E-state index contributed by atoms with van der Waals surface area (Å²) in [4.78, 5) is 57.9. The van der Waals surface area contributed by atoms with Crippen LogP contribution >= 0.6 is 0 Å². The Labute approximate surface area is 171 Å². The lowest BCUT2D eigenvalue weighted by Crippen LogP contribution is -2.55. The molecule has 0 saturated heterocycles. The molecular formula is C18H24N4O8. The standard InChI is InChI=1S/C18H24N4O8/c19-11(8-14(20)24)16(27)21-12(5-6-15(25)26)17(28)22-13(18(29)30)7-9-1-3-10(23)4-2-9/h1-4,11-13,23H,5-8,19H2,(H2,20,24)(H,21,27)(H,22,28)(H,25,26)(H,29,30). The smallest absolute Gasteiger partial charge is 0.326 e. The van der Waals surface area contributed by atoms with Gasteiger partial charge >= 0.3 is 11.9 Å². The lowest BCUT2D eigenvalue weighted by Gasteiger charge is -2.22. The molecule has 0 radical (unpaired) electrons. The summed E-state index contributed by atoms with van der Waals surface area (Å²) in [6.07, 6.45) is -1.43. The molecule has 12 heteroatoms. The number of carboxylic acid groups (broad SMARTS) is 2. The van der Waals surface area contributed by atoms with E-state index >= 15 is 0 Å². The fourth-order valence-corrected chi connectivity index (χ4v) is 2.46. The van der Waals surface area contributed by atoms with Gasteiger partial charge in [0, 0.05) is 12.8 Å². The lowest BCUT2D eigenvalue weighted by molar-refractivity contribution is -0.143. The number of nitrogens with one attached hydrogen (secondary N) is 2. The summed E-state index contributed by atoms with van der Waals surface area (Å²) in [5.41, 5.74) is 11.0. The fourth-order valence-electron chi connectivity index (χ4n) is 2.46. The molecule has 1 aromatic carbocycles. The quantitative estimate of drug-likeness (QED) is 0.198. The largest absolute Gasteiger partial charge is 0.508 e. The van der Waals surface area contributed by atoms with Crippen LogP contribution in [0.3, 0.4) is 0 Å². The topological polar surface area (TPSA) is 222 Å². The molecule has 9 N–H and O–H groups in total. The predicted octanol–water partition coefficient (Wildman–Crippen LogP) is -1.94. The molecule has 0 aliphatic heterocycles. The number of carbonyl (C=O) groups is 5. The monoisotopic (exact) mass is 424 g/mol. The number of hydrogen-bond acceptors (Lipinski definition) is 7. The number of hydrogen-bond donors (Lipinski definition) is 7. The van der Waals surface area contributed by atoms with Crippen molar-refractivity contribution < 1.29 is 39.3 Å². The van der Waals surface area contributed by atoms with Gasteiger partial charge in [0.1, 0.15) is 17.8 Å². The van der Waals surface area contributed by atoms with E-state index in [2.05, 4.69) is 10.6 Å². The van der Waals surface area contributed by atoms with Crippen molar-refractivity contribution in [3.63, 3.8) is 0 Å². The predicted molar refractivity (Wildman–Crippen MR) is 102 cm³/mol. The van der Waals surface area contributed by atoms with Gasteiger partial charge in [0.2, 0.25) is 17.7 Å². The average molecular weight is 424 g/mol. The normalized spacial score (nSPS) is 13.5. The molecule has 1 rings (SSSR count). The number of amides is 3. The highest BCUT2D eigenvalue weighted by Gasteiger charge is 2.29. The summed E-state index contributed by atoms with van der Waals surface area (Å²) in [5.74, 6) is -5.29. The van der Waals surface area contributed by atoms with E-state index in [9.17, 15) is 34.2 Å². The molecule has 12 nitrogen and oxygen atoms in total. The van der Waals surface area contributed by atoms with Crippen molar-refractivity contribution in [3.8, 4) is 5.75 Å². The van der Waals surface area contributed by atoms with Crippen molar-refractivity contribution in [3.05, 3.63) is 29.8 Å². The SMILES string of the molecule is NC(=O)CC(N)C(=O)NC(CCC(=O)O)C(=O)NC(Cc1ccc(O)cc1)C(=O)O. The first-order valence-electron chi connectivity index (χ1n) is 8.86. The van der Waals surface area contributed by atoms with Gasteiger partial charge in [-0.1, -0.05) is 12.1 Å². The summed E-state index contributed by atoms with van der Waals surface area (Å²) in [5, 5.41) is 32.0. The van der Waals surface area contributed by atoms with E-state index in [1.165, 1.54) is 24.3 Å². The van der Waals surface area contributed by atoms with Gasteiger partial charge < -0.3 is 37.4 Å². The number of carboxylic acids is 2. The number of primary amides is 1. The molecule has 0 spiro atoms.